The number of carbonyl (C=O) groups excluding carboxylic acids is 1. The van der Waals surface area contributed by atoms with E-state index in [9.17, 15) is 4.79 Å². The van der Waals surface area contributed by atoms with Gasteiger partial charge in [-0.15, -0.1) is 0 Å². The van der Waals surface area contributed by atoms with Gasteiger partial charge in [0.05, 0.1) is 0 Å². The Morgan fingerprint density at radius 1 is 0.812 bits per heavy atom. The van der Waals surface area contributed by atoms with Gasteiger partial charge in [0.15, 0.2) is 5.78 Å². The third-order valence-electron chi connectivity index (χ3n) is 2.52. The maximum atomic E-state index is 12.2. The summed E-state index contributed by atoms with van der Waals surface area (Å²) in [6.45, 7) is 4.02. The molecule has 1 heteroatoms. The zero-order valence-corrected chi connectivity index (χ0v) is 9.53. The van der Waals surface area contributed by atoms with Crippen molar-refractivity contribution in [2.45, 2.75) is 13.8 Å². The van der Waals surface area contributed by atoms with E-state index < -0.39 is 0 Å². The Morgan fingerprint density at radius 3 is 1.94 bits per heavy atom. The van der Waals surface area contributed by atoms with E-state index in [1.165, 1.54) is 0 Å². The summed E-state index contributed by atoms with van der Waals surface area (Å²) in [5.74, 6) is 0.0902. The quantitative estimate of drug-likeness (QED) is 0.693. The largest absolute Gasteiger partial charge is 0.289 e. The van der Waals surface area contributed by atoms with Crippen LogP contribution in [-0.4, -0.2) is 5.78 Å². The molecular formula is C15H14O. The van der Waals surface area contributed by atoms with Crippen LogP contribution in [0.1, 0.15) is 27.0 Å². The van der Waals surface area contributed by atoms with Gasteiger partial charge in [0.1, 0.15) is 0 Å². The van der Waals surface area contributed by atoms with Crippen LogP contribution in [0.15, 0.2) is 48.5 Å². The van der Waals surface area contributed by atoms with Crippen molar-refractivity contribution in [3.8, 4) is 0 Å². The molecule has 2 aromatic rings. The lowest BCUT2D eigenvalue weighted by atomic mass is 10.00. The van der Waals surface area contributed by atoms with Gasteiger partial charge in [0.2, 0.25) is 0 Å². The molecular weight excluding hydrogens is 196 g/mol. The van der Waals surface area contributed by atoms with Gasteiger partial charge in [-0.25, -0.2) is 0 Å². The number of carbonyl (C=O) groups is 1. The minimum atomic E-state index is 0.0902. The molecule has 2 aromatic carbocycles. The van der Waals surface area contributed by atoms with E-state index >= 15 is 0 Å². The first-order valence-corrected chi connectivity index (χ1v) is 5.35. The van der Waals surface area contributed by atoms with E-state index in [0.29, 0.717) is 0 Å². The van der Waals surface area contributed by atoms with Gasteiger partial charge < -0.3 is 0 Å². The molecule has 0 aromatic heterocycles. The van der Waals surface area contributed by atoms with Gasteiger partial charge in [0.25, 0.3) is 0 Å². The van der Waals surface area contributed by atoms with Crippen molar-refractivity contribution in [2.24, 2.45) is 0 Å². The smallest absolute Gasteiger partial charge is 0.193 e. The van der Waals surface area contributed by atoms with Gasteiger partial charge in [-0.3, -0.25) is 4.79 Å². The zero-order valence-electron chi connectivity index (χ0n) is 9.53. The van der Waals surface area contributed by atoms with Crippen LogP contribution < -0.4 is 0 Å². The lowest BCUT2D eigenvalue weighted by molar-refractivity contribution is 0.103. The van der Waals surface area contributed by atoms with Crippen LogP contribution in [0.3, 0.4) is 0 Å². The van der Waals surface area contributed by atoms with Crippen LogP contribution in [0.25, 0.3) is 0 Å². The lowest BCUT2D eigenvalue weighted by Crippen LogP contribution is -2.01. The molecule has 0 amide bonds. The van der Waals surface area contributed by atoms with Gasteiger partial charge >= 0.3 is 0 Å². The molecule has 0 fully saturated rings. The predicted octanol–water partition coefficient (Wildman–Crippen LogP) is 3.53. The highest BCUT2D eigenvalue weighted by Gasteiger charge is 2.08. The number of hydrogen-bond acceptors (Lipinski definition) is 1. The Bertz CT molecular complexity index is 492. The highest BCUT2D eigenvalue weighted by molar-refractivity contribution is 6.09. The van der Waals surface area contributed by atoms with Crippen molar-refractivity contribution in [1.82, 2.24) is 0 Å². The molecule has 0 aliphatic carbocycles. The lowest BCUT2D eigenvalue weighted by Gasteiger charge is -2.04. The third kappa shape index (κ3) is 2.19. The molecule has 0 heterocycles. The monoisotopic (exact) mass is 210 g/mol. The fourth-order valence-corrected chi connectivity index (χ4v) is 1.86. The number of ketones is 1. The molecule has 0 atom stereocenters. The molecule has 0 N–H and O–H groups in total. The van der Waals surface area contributed by atoms with E-state index in [-0.39, 0.29) is 5.78 Å². The van der Waals surface area contributed by atoms with E-state index in [1.54, 1.807) is 0 Å². The van der Waals surface area contributed by atoms with Crippen LogP contribution in [0.2, 0.25) is 0 Å². The Hall–Kier alpha value is -1.89. The molecule has 0 radical (unpaired) electrons. The Balaban J connectivity index is 2.42. The highest BCUT2D eigenvalue weighted by atomic mass is 16.1. The normalized spacial score (nSPS) is 10.1. The highest BCUT2D eigenvalue weighted by Crippen LogP contribution is 2.13. The Morgan fingerprint density at radius 2 is 1.38 bits per heavy atom. The standard InChI is InChI=1S/C15H14O/c1-11-8-12(2)10-14(9-11)15(16)13-6-4-3-5-7-13/h3-10H,1-2H3. The van der Waals surface area contributed by atoms with Gasteiger partial charge in [-0.2, -0.15) is 0 Å². The van der Waals surface area contributed by atoms with E-state index in [2.05, 4.69) is 6.07 Å². The van der Waals surface area contributed by atoms with Crippen LogP contribution in [0, 0.1) is 13.8 Å². The average molecular weight is 210 g/mol. The van der Waals surface area contributed by atoms with Crippen LogP contribution in [-0.2, 0) is 0 Å². The Kier molecular flexibility index (Phi) is 2.86. The summed E-state index contributed by atoms with van der Waals surface area (Å²) in [7, 11) is 0. The first-order valence-electron chi connectivity index (χ1n) is 5.35. The molecule has 1 nitrogen and oxygen atoms in total. The molecule has 16 heavy (non-hydrogen) atoms. The molecule has 0 aliphatic rings. The summed E-state index contributed by atoms with van der Waals surface area (Å²) in [5, 5.41) is 0. The van der Waals surface area contributed by atoms with E-state index in [4.69, 9.17) is 0 Å². The maximum Gasteiger partial charge on any atom is 0.193 e. The number of aryl methyl sites for hydroxylation is 2. The minimum absolute atomic E-state index is 0.0902. The predicted molar refractivity (Wildman–Crippen MR) is 65.8 cm³/mol. The second-order valence-electron chi connectivity index (χ2n) is 4.07. The average Bonchev–Trinajstić information content (AvgIpc) is 2.28. The molecule has 80 valence electrons. The SMILES string of the molecule is Cc1cc(C)cc(C(=O)c2ccccc2)c1. The summed E-state index contributed by atoms with van der Waals surface area (Å²) in [5.41, 5.74) is 3.76. The van der Waals surface area contributed by atoms with Crippen LogP contribution >= 0.6 is 0 Å². The molecule has 0 bridgehead atoms. The van der Waals surface area contributed by atoms with Crippen molar-refractivity contribution in [1.29, 1.82) is 0 Å². The number of rotatable bonds is 2. The Labute approximate surface area is 95.7 Å². The third-order valence-corrected chi connectivity index (χ3v) is 2.52. The summed E-state index contributed by atoms with van der Waals surface area (Å²) in [4.78, 5) is 12.2. The fraction of sp³-hybridized carbons (Fsp3) is 0.133. The fourth-order valence-electron chi connectivity index (χ4n) is 1.86. The van der Waals surface area contributed by atoms with Crippen molar-refractivity contribution in [3.05, 3.63) is 70.8 Å². The second-order valence-corrected chi connectivity index (χ2v) is 4.07. The van der Waals surface area contributed by atoms with Crippen molar-refractivity contribution >= 4 is 5.78 Å². The molecule has 2 rings (SSSR count). The van der Waals surface area contributed by atoms with Crippen LogP contribution in [0.5, 0.6) is 0 Å². The van der Waals surface area contributed by atoms with Crippen molar-refractivity contribution in [2.75, 3.05) is 0 Å². The zero-order chi connectivity index (χ0) is 11.5. The van der Waals surface area contributed by atoms with Gasteiger partial charge in [0, 0.05) is 11.1 Å². The van der Waals surface area contributed by atoms with Gasteiger partial charge in [-0.05, 0) is 26.0 Å². The second kappa shape index (κ2) is 4.31. The maximum absolute atomic E-state index is 12.2. The molecule has 0 spiro atoms. The summed E-state index contributed by atoms with van der Waals surface area (Å²) in [6.07, 6.45) is 0. The first kappa shape index (κ1) is 10.6. The number of hydrogen-bond donors (Lipinski definition) is 0. The van der Waals surface area contributed by atoms with Crippen LogP contribution in [0.4, 0.5) is 0 Å². The molecule has 0 aliphatic heterocycles. The van der Waals surface area contributed by atoms with E-state index in [0.717, 1.165) is 22.3 Å². The van der Waals surface area contributed by atoms with Crippen molar-refractivity contribution < 1.29 is 4.79 Å². The first-order chi connectivity index (χ1) is 7.66. The molecule has 0 saturated carbocycles. The summed E-state index contributed by atoms with van der Waals surface area (Å²) >= 11 is 0. The van der Waals surface area contributed by atoms with Crippen molar-refractivity contribution in [3.63, 3.8) is 0 Å². The molecule has 0 saturated heterocycles. The summed E-state index contributed by atoms with van der Waals surface area (Å²) < 4.78 is 0. The van der Waals surface area contributed by atoms with E-state index in [1.807, 2.05) is 56.3 Å². The molecule has 0 unspecified atom stereocenters. The van der Waals surface area contributed by atoms with Gasteiger partial charge in [-0.1, -0.05) is 47.5 Å². The minimum Gasteiger partial charge on any atom is -0.289 e. The summed E-state index contributed by atoms with van der Waals surface area (Å²) in [6, 6.07) is 15.3. The number of benzene rings is 2. The topological polar surface area (TPSA) is 17.1 Å².